The van der Waals surface area contributed by atoms with Gasteiger partial charge in [0.1, 0.15) is 18.5 Å². The fraction of sp³-hybridized carbons (Fsp3) is 0.360. The van der Waals surface area contributed by atoms with Crippen LogP contribution in [0.3, 0.4) is 0 Å². The van der Waals surface area contributed by atoms with Crippen LogP contribution < -0.4 is 20.7 Å². The Morgan fingerprint density at radius 3 is 2.74 bits per heavy atom. The van der Waals surface area contributed by atoms with Crippen LogP contribution >= 0.6 is 0 Å². The number of ether oxygens (including phenoxy) is 2. The van der Waals surface area contributed by atoms with Crippen molar-refractivity contribution in [3.8, 4) is 5.75 Å². The lowest BCUT2D eigenvalue weighted by atomic mass is 10.1. The van der Waals surface area contributed by atoms with Crippen molar-refractivity contribution in [3.63, 3.8) is 0 Å². The van der Waals surface area contributed by atoms with E-state index in [-0.39, 0.29) is 24.5 Å². The van der Waals surface area contributed by atoms with Crippen molar-refractivity contribution in [1.82, 2.24) is 20.2 Å². The fourth-order valence-electron chi connectivity index (χ4n) is 3.73. The predicted molar refractivity (Wildman–Crippen MR) is 133 cm³/mol. The van der Waals surface area contributed by atoms with Crippen molar-refractivity contribution in [3.05, 3.63) is 66.1 Å². The minimum absolute atomic E-state index is 0.0635. The van der Waals surface area contributed by atoms with Crippen molar-refractivity contribution in [2.24, 2.45) is 0 Å². The second-order valence-electron chi connectivity index (χ2n) is 8.54. The summed E-state index contributed by atoms with van der Waals surface area (Å²) in [5, 5.41) is 19.4. The van der Waals surface area contributed by atoms with Gasteiger partial charge in [-0.2, -0.15) is 4.98 Å². The Bertz CT molecular complexity index is 1090. The molecule has 0 spiro atoms. The van der Waals surface area contributed by atoms with Crippen LogP contribution in [0, 0.1) is 5.82 Å². The molecule has 0 aliphatic carbocycles. The number of anilines is 4. The van der Waals surface area contributed by atoms with Crippen LogP contribution in [-0.4, -0.2) is 73.0 Å². The van der Waals surface area contributed by atoms with Gasteiger partial charge in [0.2, 0.25) is 5.95 Å². The quantitative estimate of drug-likeness (QED) is 0.347. The number of aromatic nitrogens is 2. The Morgan fingerprint density at radius 1 is 1.20 bits per heavy atom. The van der Waals surface area contributed by atoms with Crippen LogP contribution in [0.4, 0.5) is 27.5 Å². The highest BCUT2D eigenvalue weighted by molar-refractivity contribution is 5.63. The average molecular weight is 483 g/mol. The molecule has 2 heterocycles. The maximum Gasteiger partial charge on any atom is 0.229 e. The number of nitrogens with zero attached hydrogens (tertiary/aromatic N) is 3. The molecule has 0 amide bonds. The second kappa shape index (κ2) is 11.9. The van der Waals surface area contributed by atoms with E-state index in [1.54, 1.807) is 24.3 Å². The Morgan fingerprint density at radius 2 is 2.00 bits per heavy atom. The van der Waals surface area contributed by atoms with Gasteiger partial charge < -0.3 is 35.4 Å². The monoisotopic (exact) mass is 482 g/mol. The standard InChI is InChI=1S/C25H31FN6O3/c1-32(2)15-18(33)16-35-19-9-7-17(8-10-19)29-25-28-13-21(26)24(31-25)30-22-6-4-3-5-20(22)23-14-27-11-12-34-23/h3-10,13,18,23,27,33H,11-12,14-16H2,1-2H3,(H2,28,29,30,31). The van der Waals surface area contributed by atoms with Gasteiger partial charge >= 0.3 is 0 Å². The second-order valence-corrected chi connectivity index (χ2v) is 8.54. The highest BCUT2D eigenvalue weighted by atomic mass is 19.1. The molecular formula is C25H31FN6O3. The van der Waals surface area contributed by atoms with Crippen molar-refractivity contribution in [2.45, 2.75) is 12.2 Å². The normalized spacial score (nSPS) is 16.7. The van der Waals surface area contributed by atoms with Crippen LogP contribution in [0.5, 0.6) is 5.75 Å². The zero-order chi connectivity index (χ0) is 24.6. The van der Waals surface area contributed by atoms with E-state index in [2.05, 4.69) is 25.9 Å². The summed E-state index contributed by atoms with van der Waals surface area (Å²) < 4.78 is 26.0. The molecule has 2 atom stereocenters. The summed E-state index contributed by atoms with van der Waals surface area (Å²) in [6.07, 6.45) is 0.426. The van der Waals surface area contributed by atoms with Gasteiger partial charge in [0.25, 0.3) is 0 Å². The van der Waals surface area contributed by atoms with E-state index in [4.69, 9.17) is 9.47 Å². The number of nitrogens with one attached hydrogen (secondary N) is 3. The third-order valence-corrected chi connectivity index (χ3v) is 5.36. The molecule has 1 aliphatic heterocycles. The van der Waals surface area contributed by atoms with E-state index >= 15 is 0 Å². The number of aliphatic hydroxyl groups excluding tert-OH is 1. The first kappa shape index (κ1) is 24.8. The van der Waals surface area contributed by atoms with Gasteiger partial charge in [-0.1, -0.05) is 18.2 Å². The van der Waals surface area contributed by atoms with E-state index in [0.717, 1.165) is 24.0 Å². The molecule has 1 aromatic heterocycles. The maximum atomic E-state index is 14.6. The van der Waals surface area contributed by atoms with Gasteiger partial charge in [-0.15, -0.1) is 0 Å². The van der Waals surface area contributed by atoms with Crippen molar-refractivity contribution in [1.29, 1.82) is 0 Å². The lowest BCUT2D eigenvalue weighted by Crippen LogP contribution is -2.33. The summed E-state index contributed by atoms with van der Waals surface area (Å²) in [6, 6.07) is 14.8. The van der Waals surface area contributed by atoms with Gasteiger partial charge in [-0.3, -0.25) is 0 Å². The van der Waals surface area contributed by atoms with Gasteiger partial charge in [0.05, 0.1) is 18.9 Å². The largest absolute Gasteiger partial charge is 0.491 e. The minimum Gasteiger partial charge on any atom is -0.491 e. The van der Waals surface area contributed by atoms with Gasteiger partial charge in [0.15, 0.2) is 11.6 Å². The molecule has 2 unspecified atom stereocenters. The van der Waals surface area contributed by atoms with Gasteiger partial charge in [-0.25, -0.2) is 9.37 Å². The number of hydrogen-bond acceptors (Lipinski definition) is 9. The zero-order valence-corrected chi connectivity index (χ0v) is 19.9. The summed E-state index contributed by atoms with van der Waals surface area (Å²) in [6.45, 7) is 2.84. The highest BCUT2D eigenvalue weighted by Crippen LogP contribution is 2.29. The Kier molecular flexibility index (Phi) is 8.43. The molecule has 0 saturated carbocycles. The minimum atomic E-state index is -0.576. The summed E-state index contributed by atoms with van der Waals surface area (Å²) in [7, 11) is 3.78. The summed E-state index contributed by atoms with van der Waals surface area (Å²) in [5.41, 5.74) is 2.37. The van der Waals surface area contributed by atoms with E-state index in [0.29, 0.717) is 31.1 Å². The first-order valence-electron chi connectivity index (χ1n) is 11.5. The SMILES string of the molecule is CN(C)CC(O)COc1ccc(Nc2ncc(F)c(Nc3ccccc3C3CNCCO3)n2)cc1. The number of para-hydroxylation sites is 1. The molecule has 186 valence electrons. The van der Waals surface area contributed by atoms with Gasteiger partial charge in [0, 0.05) is 36.6 Å². The summed E-state index contributed by atoms with van der Waals surface area (Å²) >= 11 is 0. The Hall–Kier alpha value is -3.31. The number of rotatable bonds is 10. The number of morpholine rings is 1. The lowest BCUT2D eigenvalue weighted by Gasteiger charge is -2.26. The molecule has 10 heteroatoms. The maximum absolute atomic E-state index is 14.6. The Labute approximate surface area is 204 Å². The third-order valence-electron chi connectivity index (χ3n) is 5.36. The van der Waals surface area contributed by atoms with Crippen LogP contribution in [0.2, 0.25) is 0 Å². The average Bonchev–Trinajstić information content (AvgIpc) is 2.86. The molecule has 2 aromatic carbocycles. The van der Waals surface area contributed by atoms with E-state index in [1.165, 1.54) is 0 Å². The number of aliphatic hydroxyl groups is 1. The molecule has 9 nitrogen and oxygen atoms in total. The molecule has 0 radical (unpaired) electrons. The Balaban J connectivity index is 1.41. The van der Waals surface area contributed by atoms with Crippen LogP contribution in [0.25, 0.3) is 0 Å². The van der Waals surface area contributed by atoms with Crippen molar-refractivity contribution < 1.29 is 19.0 Å². The number of hydrogen-bond donors (Lipinski definition) is 4. The first-order valence-corrected chi connectivity index (χ1v) is 11.5. The van der Waals surface area contributed by atoms with Crippen LogP contribution in [0.15, 0.2) is 54.7 Å². The van der Waals surface area contributed by atoms with Crippen molar-refractivity contribution >= 4 is 23.1 Å². The highest BCUT2D eigenvalue weighted by Gasteiger charge is 2.19. The topological polar surface area (TPSA) is 104 Å². The summed E-state index contributed by atoms with van der Waals surface area (Å²) in [4.78, 5) is 10.3. The fourth-order valence-corrected chi connectivity index (χ4v) is 3.73. The molecular weight excluding hydrogens is 451 g/mol. The molecule has 0 bridgehead atoms. The molecule has 1 saturated heterocycles. The van der Waals surface area contributed by atoms with Crippen molar-refractivity contribution in [2.75, 3.05) is 57.6 Å². The van der Waals surface area contributed by atoms with E-state index in [9.17, 15) is 9.50 Å². The molecule has 1 aliphatic rings. The third kappa shape index (κ3) is 7.09. The number of halogens is 1. The van der Waals surface area contributed by atoms with Gasteiger partial charge in [-0.05, 0) is 44.4 Å². The molecule has 1 fully saturated rings. The first-order chi connectivity index (χ1) is 17.0. The predicted octanol–water partition coefficient (Wildman–Crippen LogP) is 3.07. The van der Waals surface area contributed by atoms with E-state index in [1.807, 2.05) is 43.3 Å². The number of likely N-dealkylation sites (N-methyl/N-ethyl adjacent to an activating group) is 1. The molecule has 4 N–H and O–H groups in total. The molecule has 3 aromatic rings. The summed E-state index contributed by atoms with van der Waals surface area (Å²) in [5.74, 6) is 0.380. The van der Waals surface area contributed by atoms with Crippen LogP contribution in [-0.2, 0) is 4.74 Å². The van der Waals surface area contributed by atoms with Crippen LogP contribution in [0.1, 0.15) is 11.7 Å². The molecule has 4 rings (SSSR count). The zero-order valence-electron chi connectivity index (χ0n) is 19.9. The van der Waals surface area contributed by atoms with E-state index < -0.39 is 11.9 Å². The smallest absolute Gasteiger partial charge is 0.229 e. The lowest BCUT2D eigenvalue weighted by molar-refractivity contribution is 0.0281. The molecule has 35 heavy (non-hydrogen) atoms. The number of benzene rings is 2.